The zero-order valence-corrected chi connectivity index (χ0v) is 15.1. The number of benzene rings is 2. The van der Waals surface area contributed by atoms with Gasteiger partial charge in [0.25, 0.3) is 0 Å². The molecule has 1 saturated heterocycles. The molecule has 0 aromatic heterocycles. The Bertz CT molecular complexity index is 693. The van der Waals surface area contributed by atoms with Gasteiger partial charge in [0.05, 0.1) is 6.61 Å². The van der Waals surface area contributed by atoms with Crippen LogP contribution in [0.15, 0.2) is 36.4 Å². The summed E-state index contributed by atoms with van der Waals surface area (Å²) in [5.41, 5.74) is 10.5. The molecule has 2 aromatic rings. The van der Waals surface area contributed by atoms with Gasteiger partial charge in [-0.1, -0.05) is 12.1 Å². The number of aliphatic hydroxyl groups excluding tert-OH is 1. The van der Waals surface area contributed by atoms with Crippen LogP contribution in [-0.2, 0) is 11.3 Å². The molecule has 0 unspecified atom stereocenters. The fourth-order valence-corrected chi connectivity index (χ4v) is 2.02. The van der Waals surface area contributed by atoms with E-state index in [0.29, 0.717) is 5.69 Å². The van der Waals surface area contributed by atoms with Gasteiger partial charge >= 0.3 is 24.8 Å². The molecular weight excluding hydrogens is 380 g/mol. The van der Waals surface area contributed by atoms with Gasteiger partial charge < -0.3 is 27.8 Å². The predicted octanol–water partition coefficient (Wildman–Crippen LogP) is -1.26. The standard InChI is InChI=1S/C7H6FNO2.C7H8FNO.C4H8O.Al.Li.4H/c8-4-2-1-3-5(9)6(4)7(10)11;8-6-2-1-3-7(9)5(6)4-10;1-2-4-5-3-1;;;;;;/h1-3H,9H2,(H,10,11);1-3,10H,4,9H2;1-4H2;;;;;;/q;;;;+1;;;;-1. The molecule has 1 aliphatic heterocycles. The van der Waals surface area contributed by atoms with E-state index in [1.165, 1.54) is 37.1 Å². The molecular formula is C18H26AlF2LiN2O4. The monoisotopic (exact) mass is 406 g/mol. The van der Waals surface area contributed by atoms with Crippen molar-refractivity contribution in [1.82, 2.24) is 0 Å². The molecule has 6 nitrogen and oxygen atoms in total. The first kappa shape index (κ1) is 28.6. The van der Waals surface area contributed by atoms with Crippen molar-refractivity contribution in [2.75, 3.05) is 24.7 Å². The quantitative estimate of drug-likeness (QED) is 0.365. The molecule has 0 saturated carbocycles. The van der Waals surface area contributed by atoms with Crippen LogP contribution in [0.2, 0.25) is 0 Å². The van der Waals surface area contributed by atoms with Crippen molar-refractivity contribution in [1.29, 1.82) is 0 Å². The number of aromatic carboxylic acids is 1. The van der Waals surface area contributed by atoms with Gasteiger partial charge in [-0.25, -0.2) is 13.6 Å². The maximum Gasteiger partial charge on any atom is 1.00 e. The number of hydrogen-bond donors (Lipinski definition) is 4. The van der Waals surface area contributed by atoms with Gasteiger partial charge in [0.2, 0.25) is 0 Å². The molecule has 28 heavy (non-hydrogen) atoms. The molecule has 0 aliphatic carbocycles. The van der Waals surface area contributed by atoms with E-state index < -0.39 is 23.2 Å². The number of halogens is 2. The minimum absolute atomic E-state index is 0. The van der Waals surface area contributed by atoms with Crippen LogP contribution in [0.5, 0.6) is 0 Å². The van der Waals surface area contributed by atoms with Crippen molar-refractivity contribution < 1.29 is 48.8 Å². The second kappa shape index (κ2) is 15.4. The number of rotatable bonds is 2. The first-order chi connectivity index (χ1) is 12.4. The summed E-state index contributed by atoms with van der Waals surface area (Å²) < 4.78 is 30.2. The summed E-state index contributed by atoms with van der Waals surface area (Å²) >= 11 is 0. The number of carboxylic acids is 1. The second-order valence-corrected chi connectivity index (χ2v) is 5.29. The number of carboxylic acid groups (broad SMARTS) is 1. The fraction of sp³-hybridized carbons (Fsp3) is 0.278. The fourth-order valence-electron chi connectivity index (χ4n) is 2.02. The molecule has 0 amide bonds. The van der Waals surface area contributed by atoms with E-state index in [1.807, 2.05) is 0 Å². The van der Waals surface area contributed by atoms with Gasteiger partial charge in [-0.3, -0.25) is 0 Å². The molecule has 1 fully saturated rings. The molecule has 1 aliphatic rings. The van der Waals surface area contributed by atoms with E-state index in [2.05, 4.69) is 0 Å². The van der Waals surface area contributed by atoms with Gasteiger partial charge in [0, 0.05) is 30.2 Å². The number of carbonyl (C=O) groups is 1. The van der Waals surface area contributed by atoms with Crippen LogP contribution in [0.1, 0.15) is 30.2 Å². The maximum atomic E-state index is 12.6. The summed E-state index contributed by atoms with van der Waals surface area (Å²) in [6, 6.07) is 8.07. The van der Waals surface area contributed by atoms with Crippen molar-refractivity contribution in [3.8, 4) is 0 Å². The molecule has 0 spiro atoms. The Kier molecular flexibility index (Phi) is 15.7. The van der Waals surface area contributed by atoms with E-state index in [0.717, 1.165) is 19.3 Å². The predicted molar refractivity (Wildman–Crippen MR) is 106 cm³/mol. The molecule has 2 aromatic carbocycles. The summed E-state index contributed by atoms with van der Waals surface area (Å²) in [6.07, 6.45) is 2.56. The SMILES string of the molecule is C1CCOC1.Nc1cccc(F)c1C(=O)O.Nc1cccc(F)c1CO.[AlH3].[H-].[Li+]. The summed E-state index contributed by atoms with van der Waals surface area (Å²) in [5.74, 6) is -2.61. The smallest absolute Gasteiger partial charge is 1.00 e. The van der Waals surface area contributed by atoms with Crippen LogP contribution in [0.4, 0.5) is 20.2 Å². The van der Waals surface area contributed by atoms with Gasteiger partial charge in [0.1, 0.15) is 17.2 Å². The number of anilines is 2. The first-order valence-corrected chi connectivity index (χ1v) is 7.87. The summed E-state index contributed by atoms with van der Waals surface area (Å²) in [7, 11) is 0. The average molecular weight is 406 g/mol. The van der Waals surface area contributed by atoms with E-state index in [4.69, 9.17) is 26.4 Å². The minimum Gasteiger partial charge on any atom is -1.00 e. The van der Waals surface area contributed by atoms with Crippen LogP contribution in [0.25, 0.3) is 0 Å². The average Bonchev–Trinajstić information content (AvgIpc) is 3.15. The Morgan fingerprint density at radius 3 is 1.82 bits per heavy atom. The normalized spacial score (nSPS) is 11.5. The first-order valence-electron chi connectivity index (χ1n) is 7.87. The topological polar surface area (TPSA) is 119 Å². The zero-order valence-electron chi connectivity index (χ0n) is 16.1. The van der Waals surface area contributed by atoms with Crippen LogP contribution in [-0.4, -0.2) is 46.8 Å². The minimum atomic E-state index is -1.35. The van der Waals surface area contributed by atoms with Crippen molar-refractivity contribution in [3.05, 3.63) is 59.2 Å². The zero-order chi connectivity index (χ0) is 19.5. The van der Waals surface area contributed by atoms with Gasteiger partial charge in [0.15, 0.2) is 17.4 Å². The van der Waals surface area contributed by atoms with Crippen molar-refractivity contribution >= 4 is 34.7 Å². The van der Waals surface area contributed by atoms with Crippen molar-refractivity contribution in [2.45, 2.75) is 19.4 Å². The molecule has 0 atom stereocenters. The Morgan fingerprint density at radius 2 is 1.54 bits per heavy atom. The number of nitrogen functional groups attached to an aromatic ring is 2. The van der Waals surface area contributed by atoms with Crippen LogP contribution in [0.3, 0.4) is 0 Å². The van der Waals surface area contributed by atoms with Gasteiger partial charge in [-0.15, -0.1) is 0 Å². The molecule has 6 N–H and O–H groups in total. The summed E-state index contributed by atoms with van der Waals surface area (Å²) in [6.45, 7) is 1.65. The largest absolute Gasteiger partial charge is 1.00 e. The van der Waals surface area contributed by atoms with Gasteiger partial charge in [-0.05, 0) is 37.1 Å². The van der Waals surface area contributed by atoms with Crippen LogP contribution in [0, 0.1) is 11.6 Å². The number of nitrogens with two attached hydrogens (primary N) is 2. The Morgan fingerprint density at radius 1 is 1.04 bits per heavy atom. The third kappa shape index (κ3) is 9.57. The van der Waals surface area contributed by atoms with Crippen molar-refractivity contribution in [3.63, 3.8) is 0 Å². The van der Waals surface area contributed by atoms with Crippen molar-refractivity contribution in [2.24, 2.45) is 0 Å². The third-order valence-corrected chi connectivity index (χ3v) is 3.40. The summed E-state index contributed by atoms with van der Waals surface area (Å²) in [5, 5.41) is 17.0. The number of hydrogen-bond acceptors (Lipinski definition) is 5. The van der Waals surface area contributed by atoms with E-state index in [9.17, 15) is 13.6 Å². The van der Waals surface area contributed by atoms with Crippen LogP contribution < -0.4 is 30.3 Å². The molecule has 10 heteroatoms. The molecule has 0 bridgehead atoms. The second-order valence-electron chi connectivity index (χ2n) is 5.29. The van der Waals surface area contributed by atoms with E-state index in [1.54, 1.807) is 6.07 Å². The van der Waals surface area contributed by atoms with Gasteiger partial charge in [-0.2, -0.15) is 0 Å². The van der Waals surface area contributed by atoms with E-state index >= 15 is 0 Å². The maximum absolute atomic E-state index is 12.6. The molecule has 1 heterocycles. The third-order valence-electron chi connectivity index (χ3n) is 3.40. The van der Waals surface area contributed by atoms with Crippen LogP contribution >= 0.6 is 0 Å². The summed E-state index contributed by atoms with van der Waals surface area (Å²) in [4.78, 5) is 10.3. The van der Waals surface area contributed by atoms with E-state index in [-0.39, 0.29) is 55.5 Å². The number of aliphatic hydroxyl groups is 1. The Hall–Kier alpha value is -1.58. The molecule has 0 radical (unpaired) electrons. The Labute approximate surface area is 186 Å². The number of ether oxygens (including phenoxy) is 1. The molecule has 150 valence electrons. The molecule has 3 rings (SSSR count). The Balaban J connectivity index is -0.000000350.